The van der Waals surface area contributed by atoms with Crippen molar-refractivity contribution in [2.75, 3.05) is 0 Å². The van der Waals surface area contributed by atoms with E-state index in [-0.39, 0.29) is 18.3 Å². The number of hydrogen-bond acceptors (Lipinski definition) is 2. The topological polar surface area (TPSA) is 18.5 Å². The number of hydrogen-bond donors (Lipinski definition) is 0. The first-order valence-corrected chi connectivity index (χ1v) is 7.48. The normalized spacial score (nSPS) is 20.9. The third-order valence-electron chi connectivity index (χ3n) is 4.43. The molecule has 0 unspecified atom stereocenters. The number of benzene rings is 1. The van der Waals surface area contributed by atoms with Gasteiger partial charge >= 0.3 is 7.12 Å². The third kappa shape index (κ3) is 2.39. The predicted molar refractivity (Wildman–Crippen MR) is 84.1 cm³/mol. The van der Waals surface area contributed by atoms with Gasteiger partial charge in [-0.25, -0.2) is 0 Å². The minimum atomic E-state index is -0.298. The molecule has 2 rings (SSSR count). The summed E-state index contributed by atoms with van der Waals surface area (Å²) < 4.78 is 13.5. The molecule has 2 nitrogen and oxygen atoms in total. The second kappa shape index (κ2) is 4.61. The molecule has 1 aliphatic heterocycles. The molecule has 0 radical (unpaired) electrons. The molecule has 1 saturated heterocycles. The Morgan fingerprint density at radius 2 is 1.42 bits per heavy atom. The first kappa shape index (κ1) is 15.1. The summed E-state index contributed by atoms with van der Waals surface area (Å²) in [7, 11) is -0.290. The lowest BCUT2D eigenvalue weighted by atomic mass is 9.73. The van der Waals surface area contributed by atoms with Crippen LogP contribution in [0.25, 0.3) is 0 Å². The molecule has 0 N–H and O–H groups in total. The first-order chi connectivity index (χ1) is 8.57. The number of rotatable bonds is 1. The van der Waals surface area contributed by atoms with Crippen LogP contribution in [0.5, 0.6) is 0 Å². The van der Waals surface area contributed by atoms with Crippen molar-refractivity contribution >= 4 is 28.5 Å². The van der Waals surface area contributed by atoms with Crippen LogP contribution >= 0.6 is 15.9 Å². The number of aryl methyl sites for hydroxylation is 2. The summed E-state index contributed by atoms with van der Waals surface area (Å²) in [5, 5.41) is 0. The highest BCUT2D eigenvalue weighted by atomic mass is 79.9. The van der Waals surface area contributed by atoms with Crippen LogP contribution in [0.2, 0.25) is 0 Å². The van der Waals surface area contributed by atoms with Crippen LogP contribution in [0.3, 0.4) is 0 Å². The SMILES string of the molecule is Cc1cc(C)c(B2OC(C)(C)C(C)(C)O2)c(C)c1Br. The second-order valence-electron chi connectivity index (χ2n) is 6.45. The molecule has 0 bridgehead atoms. The summed E-state index contributed by atoms with van der Waals surface area (Å²) >= 11 is 3.66. The Kier molecular flexibility index (Phi) is 3.66. The third-order valence-corrected chi connectivity index (χ3v) is 5.65. The maximum absolute atomic E-state index is 6.16. The molecule has 1 aromatic carbocycles. The van der Waals surface area contributed by atoms with E-state index >= 15 is 0 Å². The second-order valence-corrected chi connectivity index (χ2v) is 7.24. The Labute approximate surface area is 125 Å². The highest BCUT2D eigenvalue weighted by molar-refractivity contribution is 9.10. The summed E-state index contributed by atoms with van der Waals surface area (Å²) in [5.41, 5.74) is 4.22. The van der Waals surface area contributed by atoms with Gasteiger partial charge in [0.2, 0.25) is 0 Å². The van der Waals surface area contributed by atoms with Crippen LogP contribution in [0.1, 0.15) is 44.4 Å². The predicted octanol–water partition coefficient (Wildman–Crippen LogP) is 3.67. The largest absolute Gasteiger partial charge is 0.495 e. The van der Waals surface area contributed by atoms with Crippen molar-refractivity contribution < 1.29 is 9.31 Å². The molecule has 4 heteroatoms. The molecular weight excluding hydrogens is 303 g/mol. The van der Waals surface area contributed by atoms with Crippen LogP contribution in [0.4, 0.5) is 0 Å². The lowest BCUT2D eigenvalue weighted by Crippen LogP contribution is -2.41. The lowest BCUT2D eigenvalue weighted by molar-refractivity contribution is 0.00578. The van der Waals surface area contributed by atoms with Crippen molar-refractivity contribution in [2.24, 2.45) is 0 Å². The van der Waals surface area contributed by atoms with Crippen LogP contribution in [-0.2, 0) is 9.31 Å². The molecule has 1 heterocycles. The van der Waals surface area contributed by atoms with Gasteiger partial charge in [0.25, 0.3) is 0 Å². The van der Waals surface area contributed by atoms with Crippen molar-refractivity contribution in [1.82, 2.24) is 0 Å². The summed E-state index contributed by atoms with van der Waals surface area (Å²) in [4.78, 5) is 0. The maximum Gasteiger partial charge on any atom is 0.495 e. The van der Waals surface area contributed by atoms with Crippen molar-refractivity contribution in [2.45, 2.75) is 59.7 Å². The zero-order chi connectivity index (χ0) is 14.6. The van der Waals surface area contributed by atoms with Gasteiger partial charge in [0.15, 0.2) is 0 Å². The van der Waals surface area contributed by atoms with Crippen molar-refractivity contribution in [1.29, 1.82) is 0 Å². The van der Waals surface area contributed by atoms with Crippen molar-refractivity contribution in [3.05, 3.63) is 27.2 Å². The van der Waals surface area contributed by atoms with Crippen LogP contribution < -0.4 is 5.46 Å². The average Bonchev–Trinajstić information content (AvgIpc) is 2.44. The zero-order valence-corrected chi connectivity index (χ0v) is 14.4. The summed E-state index contributed by atoms with van der Waals surface area (Å²) in [5.74, 6) is 0. The van der Waals surface area contributed by atoms with E-state index in [1.807, 2.05) is 0 Å². The minimum Gasteiger partial charge on any atom is -0.399 e. The Balaban J connectivity index is 2.49. The molecule has 0 aliphatic carbocycles. The fourth-order valence-corrected chi connectivity index (χ4v) is 2.83. The fourth-order valence-electron chi connectivity index (χ4n) is 2.50. The maximum atomic E-state index is 6.16. The standard InChI is InChI=1S/C15H22BBrO2/c1-9-8-10(2)13(17)11(3)12(9)16-18-14(4,5)15(6,7)19-16/h8H,1-7H3. The molecule has 1 aromatic rings. The summed E-state index contributed by atoms with van der Waals surface area (Å²) in [6, 6.07) is 2.18. The van der Waals surface area contributed by atoms with Crippen molar-refractivity contribution in [3.8, 4) is 0 Å². The highest BCUT2D eigenvalue weighted by Gasteiger charge is 2.52. The molecule has 19 heavy (non-hydrogen) atoms. The van der Waals surface area contributed by atoms with Gasteiger partial charge in [-0.3, -0.25) is 0 Å². The highest BCUT2D eigenvalue weighted by Crippen LogP contribution is 2.37. The zero-order valence-electron chi connectivity index (χ0n) is 12.8. The molecular formula is C15H22BBrO2. The van der Waals surface area contributed by atoms with E-state index in [9.17, 15) is 0 Å². The number of halogens is 1. The van der Waals surface area contributed by atoms with Gasteiger partial charge in [0.1, 0.15) is 0 Å². The average molecular weight is 325 g/mol. The van der Waals surface area contributed by atoms with Gasteiger partial charge in [0, 0.05) is 4.47 Å². The van der Waals surface area contributed by atoms with E-state index in [2.05, 4.69) is 70.5 Å². The van der Waals surface area contributed by atoms with Gasteiger partial charge in [-0.15, -0.1) is 0 Å². The van der Waals surface area contributed by atoms with Crippen molar-refractivity contribution in [3.63, 3.8) is 0 Å². The van der Waals surface area contributed by atoms with E-state index in [1.165, 1.54) is 16.7 Å². The van der Waals surface area contributed by atoms with Gasteiger partial charge in [-0.05, 0) is 65.1 Å². The van der Waals surface area contributed by atoms with Crippen LogP contribution in [0, 0.1) is 20.8 Å². The molecule has 0 atom stereocenters. The van der Waals surface area contributed by atoms with Gasteiger partial charge in [0.05, 0.1) is 11.2 Å². The summed E-state index contributed by atoms with van der Waals surface area (Å²) in [6.45, 7) is 14.7. The van der Waals surface area contributed by atoms with E-state index in [1.54, 1.807) is 0 Å². The molecule has 0 spiro atoms. The molecule has 0 aromatic heterocycles. The minimum absolute atomic E-state index is 0.290. The molecule has 1 fully saturated rings. The lowest BCUT2D eigenvalue weighted by Gasteiger charge is -2.32. The molecule has 0 saturated carbocycles. The van der Waals surface area contributed by atoms with Crippen LogP contribution in [-0.4, -0.2) is 18.3 Å². The van der Waals surface area contributed by atoms with Gasteiger partial charge in [-0.1, -0.05) is 27.6 Å². The monoisotopic (exact) mass is 324 g/mol. The smallest absolute Gasteiger partial charge is 0.399 e. The Morgan fingerprint density at radius 1 is 0.947 bits per heavy atom. The molecule has 0 amide bonds. The van der Waals surface area contributed by atoms with E-state index < -0.39 is 0 Å². The Morgan fingerprint density at radius 3 is 1.89 bits per heavy atom. The molecule has 1 aliphatic rings. The molecule has 104 valence electrons. The van der Waals surface area contributed by atoms with E-state index in [4.69, 9.17) is 9.31 Å². The quantitative estimate of drug-likeness (QED) is 0.734. The Bertz CT molecular complexity index is 507. The Hall–Kier alpha value is -0.315. The summed E-state index contributed by atoms with van der Waals surface area (Å²) in [6.07, 6.45) is 0. The first-order valence-electron chi connectivity index (χ1n) is 6.68. The van der Waals surface area contributed by atoms with E-state index in [0.29, 0.717) is 0 Å². The fraction of sp³-hybridized carbons (Fsp3) is 0.600. The van der Waals surface area contributed by atoms with Gasteiger partial charge in [-0.2, -0.15) is 0 Å². The van der Waals surface area contributed by atoms with Crippen LogP contribution in [0.15, 0.2) is 10.5 Å². The van der Waals surface area contributed by atoms with Gasteiger partial charge < -0.3 is 9.31 Å². The van der Waals surface area contributed by atoms with E-state index in [0.717, 1.165) is 9.94 Å².